The van der Waals surface area contributed by atoms with Crippen molar-refractivity contribution >= 4 is 29.4 Å². The van der Waals surface area contributed by atoms with Gasteiger partial charge >= 0.3 is 11.9 Å². The molecule has 0 radical (unpaired) electrons. The number of carbonyl (C=O) groups is 3. The second kappa shape index (κ2) is 12.5. The Morgan fingerprint density at radius 2 is 1.62 bits per heavy atom. The van der Waals surface area contributed by atoms with Crippen LogP contribution >= 0.6 is 11.6 Å². The van der Waals surface area contributed by atoms with Crippen LogP contribution < -0.4 is 5.32 Å². The maximum atomic E-state index is 14.3. The van der Waals surface area contributed by atoms with Crippen LogP contribution in [0, 0.1) is 5.82 Å². The summed E-state index contributed by atoms with van der Waals surface area (Å²) in [5.74, 6) is -4.26. The molecule has 0 bridgehead atoms. The molecule has 0 aliphatic carbocycles. The number of aliphatic hydroxyl groups excluding tert-OH is 1. The van der Waals surface area contributed by atoms with Gasteiger partial charge in [-0.2, -0.15) is 5.10 Å². The number of rotatable bonds is 11. The van der Waals surface area contributed by atoms with E-state index < -0.39 is 35.8 Å². The summed E-state index contributed by atoms with van der Waals surface area (Å²) < 4.78 is 15.3. The Morgan fingerprint density at radius 1 is 0.950 bits per heavy atom. The van der Waals surface area contributed by atoms with Crippen LogP contribution in [0.3, 0.4) is 0 Å². The highest BCUT2D eigenvalue weighted by Gasteiger charge is 2.25. The lowest BCUT2D eigenvalue weighted by Gasteiger charge is -2.20. The Labute approximate surface area is 233 Å². The van der Waals surface area contributed by atoms with Gasteiger partial charge in [-0.25, -0.2) is 14.0 Å². The zero-order valence-electron chi connectivity index (χ0n) is 21.0. The van der Waals surface area contributed by atoms with Crippen LogP contribution in [0.5, 0.6) is 0 Å². The van der Waals surface area contributed by atoms with Gasteiger partial charge in [-0.05, 0) is 35.2 Å². The monoisotopic (exact) mass is 565 g/mol. The van der Waals surface area contributed by atoms with Gasteiger partial charge in [0.15, 0.2) is 11.8 Å². The van der Waals surface area contributed by atoms with E-state index in [1.165, 1.54) is 12.1 Å². The van der Waals surface area contributed by atoms with Crippen LogP contribution in [0.25, 0.3) is 11.1 Å². The van der Waals surface area contributed by atoms with Crippen molar-refractivity contribution < 1.29 is 34.1 Å². The molecule has 4 aromatic rings. The van der Waals surface area contributed by atoms with Crippen molar-refractivity contribution in [3.8, 4) is 11.1 Å². The van der Waals surface area contributed by atoms with Crippen LogP contribution in [-0.4, -0.2) is 55.1 Å². The summed E-state index contributed by atoms with van der Waals surface area (Å²) in [6.45, 7) is -0.271. The average Bonchev–Trinajstić information content (AvgIpc) is 3.35. The van der Waals surface area contributed by atoms with Crippen LogP contribution in [0.2, 0.25) is 5.02 Å². The van der Waals surface area contributed by atoms with E-state index in [1.807, 2.05) is 54.6 Å². The second-order valence-electron chi connectivity index (χ2n) is 9.14. The molecule has 2 atom stereocenters. The van der Waals surface area contributed by atoms with Crippen LogP contribution in [0.1, 0.15) is 38.5 Å². The van der Waals surface area contributed by atoms with E-state index in [1.54, 1.807) is 0 Å². The number of benzene rings is 3. The van der Waals surface area contributed by atoms with Gasteiger partial charge in [0.2, 0.25) is 0 Å². The van der Waals surface area contributed by atoms with Crippen molar-refractivity contribution in [3.05, 3.63) is 112 Å². The van der Waals surface area contributed by atoms with Gasteiger partial charge in [0.25, 0.3) is 5.91 Å². The Bertz CT molecular complexity index is 1520. The summed E-state index contributed by atoms with van der Waals surface area (Å²) >= 11 is 5.78. The van der Waals surface area contributed by atoms with Crippen LogP contribution in [-0.2, 0) is 17.8 Å². The molecule has 0 fully saturated rings. The fraction of sp³-hybridized carbons (Fsp3) is 0.172. The minimum absolute atomic E-state index is 0.114. The lowest BCUT2D eigenvalue weighted by Crippen LogP contribution is -2.40. The first-order chi connectivity index (χ1) is 19.1. The number of aliphatic carboxylic acids is 1. The quantitative estimate of drug-likeness (QED) is 0.213. The molecule has 0 spiro atoms. The average molecular weight is 566 g/mol. The summed E-state index contributed by atoms with van der Waals surface area (Å²) in [4.78, 5) is 36.2. The molecular weight excluding hydrogens is 541 g/mol. The standard InChI is InChI=1S/C29H25ClFN3O6/c30-21-11-10-20(23(31)13-21)16-34-25(28(37)38)15-24(33-34)27(36)32-22(14-26(35)29(39)40)12-17-6-8-19(9-7-17)18-4-2-1-3-5-18/h1-11,13,15,22,26,35H,12,14,16H2,(H,32,36)(H,37,38)(H,39,40)/t22?,26-/m1/s1. The third-order valence-corrected chi connectivity index (χ3v) is 6.47. The van der Waals surface area contributed by atoms with Gasteiger partial charge < -0.3 is 20.6 Å². The van der Waals surface area contributed by atoms with Gasteiger partial charge in [0.05, 0.1) is 6.54 Å². The molecule has 3 aromatic carbocycles. The molecule has 9 nitrogen and oxygen atoms in total. The van der Waals surface area contributed by atoms with Crippen molar-refractivity contribution in [2.24, 2.45) is 0 Å². The highest BCUT2D eigenvalue weighted by Crippen LogP contribution is 2.21. The number of nitrogens with zero attached hydrogens (tertiary/aromatic N) is 2. The normalized spacial score (nSPS) is 12.5. The van der Waals surface area contributed by atoms with Gasteiger partial charge in [-0.15, -0.1) is 0 Å². The number of hydrogen-bond donors (Lipinski definition) is 4. The second-order valence-corrected chi connectivity index (χ2v) is 9.58. The minimum Gasteiger partial charge on any atom is -0.479 e. The zero-order chi connectivity index (χ0) is 28.8. The number of amides is 1. The van der Waals surface area contributed by atoms with E-state index in [0.29, 0.717) is 0 Å². The number of carboxylic acids is 2. The summed E-state index contributed by atoms with van der Waals surface area (Å²) in [6, 6.07) is 21.3. The number of carboxylic acid groups (broad SMARTS) is 2. The molecule has 0 saturated carbocycles. The largest absolute Gasteiger partial charge is 0.479 e. The fourth-order valence-corrected chi connectivity index (χ4v) is 4.36. The zero-order valence-corrected chi connectivity index (χ0v) is 21.8. The summed E-state index contributed by atoms with van der Waals surface area (Å²) in [5, 5.41) is 35.7. The first kappa shape index (κ1) is 28.5. The van der Waals surface area contributed by atoms with Crippen molar-refractivity contribution in [1.82, 2.24) is 15.1 Å². The van der Waals surface area contributed by atoms with Crippen molar-refractivity contribution in [3.63, 3.8) is 0 Å². The van der Waals surface area contributed by atoms with Crippen LogP contribution in [0.15, 0.2) is 78.9 Å². The molecule has 4 rings (SSSR count). The molecule has 40 heavy (non-hydrogen) atoms. The molecule has 1 amide bonds. The SMILES string of the molecule is O=C(NC(Cc1ccc(-c2ccccc2)cc1)C[C@@H](O)C(=O)O)c1cc(C(=O)O)n(Cc2ccc(Cl)cc2F)n1. The molecule has 0 aliphatic rings. The third kappa shape index (κ3) is 7.10. The van der Waals surface area contributed by atoms with E-state index in [4.69, 9.17) is 11.6 Å². The predicted molar refractivity (Wildman–Crippen MR) is 145 cm³/mol. The molecule has 0 aliphatic heterocycles. The van der Waals surface area contributed by atoms with Crippen LogP contribution in [0.4, 0.5) is 4.39 Å². The number of aromatic nitrogens is 2. The predicted octanol–water partition coefficient (Wildman–Crippen LogP) is 4.27. The van der Waals surface area contributed by atoms with Crippen molar-refractivity contribution in [1.29, 1.82) is 0 Å². The number of aliphatic hydroxyl groups is 1. The van der Waals surface area contributed by atoms with E-state index in [0.717, 1.165) is 33.5 Å². The van der Waals surface area contributed by atoms with Crippen molar-refractivity contribution in [2.45, 2.75) is 31.5 Å². The lowest BCUT2D eigenvalue weighted by molar-refractivity contribution is -0.147. The molecule has 1 aromatic heterocycles. The van der Waals surface area contributed by atoms with E-state index in [9.17, 15) is 34.1 Å². The number of hydrogen-bond acceptors (Lipinski definition) is 5. The lowest BCUT2D eigenvalue weighted by atomic mass is 9.97. The molecule has 206 valence electrons. The van der Waals surface area contributed by atoms with E-state index >= 15 is 0 Å². The Balaban J connectivity index is 1.54. The number of halogens is 2. The fourth-order valence-electron chi connectivity index (χ4n) is 4.20. The first-order valence-electron chi connectivity index (χ1n) is 12.2. The number of aromatic carboxylic acids is 1. The Morgan fingerprint density at radius 3 is 2.25 bits per heavy atom. The van der Waals surface area contributed by atoms with Crippen molar-refractivity contribution in [2.75, 3.05) is 0 Å². The molecule has 1 heterocycles. The molecule has 4 N–H and O–H groups in total. The number of carbonyl (C=O) groups excluding carboxylic acids is 1. The van der Waals surface area contributed by atoms with E-state index in [2.05, 4.69) is 10.4 Å². The topological polar surface area (TPSA) is 142 Å². The third-order valence-electron chi connectivity index (χ3n) is 6.24. The molecule has 0 saturated heterocycles. The van der Waals surface area contributed by atoms with Gasteiger partial charge in [0, 0.05) is 29.1 Å². The summed E-state index contributed by atoms with van der Waals surface area (Å²) in [7, 11) is 0. The summed E-state index contributed by atoms with van der Waals surface area (Å²) in [6.07, 6.45) is -1.86. The van der Waals surface area contributed by atoms with Gasteiger partial charge in [0.1, 0.15) is 11.5 Å². The van der Waals surface area contributed by atoms with Gasteiger partial charge in [-0.1, -0.05) is 72.3 Å². The molecule has 11 heteroatoms. The Hall–Kier alpha value is -4.54. The van der Waals surface area contributed by atoms with Gasteiger partial charge in [-0.3, -0.25) is 9.48 Å². The van der Waals surface area contributed by atoms with E-state index in [-0.39, 0.29) is 41.4 Å². The minimum atomic E-state index is -1.74. The highest BCUT2D eigenvalue weighted by atomic mass is 35.5. The maximum Gasteiger partial charge on any atom is 0.354 e. The maximum absolute atomic E-state index is 14.3. The first-order valence-corrected chi connectivity index (χ1v) is 12.6. The smallest absolute Gasteiger partial charge is 0.354 e. The molecule has 1 unspecified atom stereocenters. The Kier molecular flexibility index (Phi) is 8.93. The highest BCUT2D eigenvalue weighted by molar-refractivity contribution is 6.30. The molecular formula is C29H25ClFN3O6. The summed E-state index contributed by atoms with van der Waals surface area (Å²) in [5.41, 5.74) is 2.27. The number of nitrogens with one attached hydrogen (secondary N) is 1.